The maximum absolute atomic E-state index is 13.2. The summed E-state index contributed by atoms with van der Waals surface area (Å²) in [6.45, 7) is 2.13. The van der Waals surface area contributed by atoms with Crippen LogP contribution in [0.15, 0.2) is 23.1 Å². The first kappa shape index (κ1) is 15.8. The van der Waals surface area contributed by atoms with Gasteiger partial charge in [-0.3, -0.25) is 0 Å². The summed E-state index contributed by atoms with van der Waals surface area (Å²) >= 11 is 3.25. The molecule has 1 saturated heterocycles. The lowest BCUT2D eigenvalue weighted by Crippen LogP contribution is -2.49. The largest absolute Gasteiger partial charge is 0.372 e. The predicted octanol–water partition coefficient (Wildman–Crippen LogP) is 2.14. The Morgan fingerprint density at radius 2 is 2.05 bits per heavy atom. The number of hydrogen-bond acceptors (Lipinski definition) is 3. The fourth-order valence-corrected chi connectivity index (χ4v) is 3.99. The fourth-order valence-electron chi connectivity index (χ4n) is 2.07. The van der Waals surface area contributed by atoms with E-state index in [2.05, 4.69) is 15.9 Å². The number of hydrogen-bond donors (Lipinski definition) is 0. The van der Waals surface area contributed by atoms with E-state index >= 15 is 0 Å². The van der Waals surface area contributed by atoms with Crippen molar-refractivity contribution in [1.82, 2.24) is 4.31 Å². The summed E-state index contributed by atoms with van der Waals surface area (Å²) in [4.78, 5) is -0.251. The van der Waals surface area contributed by atoms with Gasteiger partial charge in [-0.05, 0) is 25.1 Å². The zero-order valence-electron chi connectivity index (χ0n) is 10.7. The number of morpholine rings is 1. The number of sulfonamides is 1. The Labute approximate surface area is 124 Å². The van der Waals surface area contributed by atoms with E-state index in [0.29, 0.717) is 11.4 Å². The van der Waals surface area contributed by atoms with Crippen molar-refractivity contribution in [2.24, 2.45) is 0 Å². The SMILES string of the molecule is CC1CN(S(=O)(=O)c2ccc(F)c(F)c2)CC(CBr)O1. The Balaban J connectivity index is 2.31. The highest BCUT2D eigenvalue weighted by atomic mass is 79.9. The number of benzene rings is 1. The Hall–Kier alpha value is -0.570. The third-order valence-corrected chi connectivity index (χ3v) is 5.54. The molecule has 8 heteroatoms. The van der Waals surface area contributed by atoms with Gasteiger partial charge < -0.3 is 4.74 Å². The molecule has 0 aliphatic carbocycles. The van der Waals surface area contributed by atoms with Gasteiger partial charge in [-0.25, -0.2) is 17.2 Å². The normalized spacial score (nSPS) is 24.8. The zero-order valence-corrected chi connectivity index (χ0v) is 13.1. The van der Waals surface area contributed by atoms with Crippen LogP contribution < -0.4 is 0 Å². The highest BCUT2D eigenvalue weighted by molar-refractivity contribution is 9.09. The van der Waals surface area contributed by atoms with Crippen LogP contribution >= 0.6 is 15.9 Å². The van der Waals surface area contributed by atoms with E-state index in [-0.39, 0.29) is 30.2 Å². The smallest absolute Gasteiger partial charge is 0.243 e. The fraction of sp³-hybridized carbons (Fsp3) is 0.500. The van der Waals surface area contributed by atoms with Gasteiger partial charge in [0.25, 0.3) is 0 Å². The van der Waals surface area contributed by atoms with Gasteiger partial charge >= 0.3 is 0 Å². The molecule has 1 aromatic carbocycles. The van der Waals surface area contributed by atoms with E-state index in [4.69, 9.17) is 4.74 Å². The molecule has 0 bridgehead atoms. The maximum Gasteiger partial charge on any atom is 0.243 e. The molecular weight excluding hydrogens is 356 g/mol. The van der Waals surface area contributed by atoms with Gasteiger partial charge in [0.05, 0.1) is 17.1 Å². The number of alkyl halides is 1. The monoisotopic (exact) mass is 369 g/mol. The van der Waals surface area contributed by atoms with Crippen LogP contribution in [0.1, 0.15) is 6.92 Å². The molecular formula is C12H14BrF2NO3S. The molecule has 1 fully saturated rings. The molecule has 2 atom stereocenters. The first-order valence-electron chi connectivity index (χ1n) is 6.01. The zero-order chi connectivity index (χ0) is 14.9. The van der Waals surface area contributed by atoms with E-state index in [1.54, 1.807) is 6.92 Å². The van der Waals surface area contributed by atoms with Gasteiger partial charge in [0.1, 0.15) is 0 Å². The van der Waals surface area contributed by atoms with Crippen LogP contribution in [-0.2, 0) is 14.8 Å². The van der Waals surface area contributed by atoms with Crippen molar-refractivity contribution in [3.63, 3.8) is 0 Å². The van der Waals surface area contributed by atoms with Crippen LogP contribution in [0.2, 0.25) is 0 Å². The first-order chi connectivity index (χ1) is 9.34. The first-order valence-corrected chi connectivity index (χ1v) is 8.57. The highest BCUT2D eigenvalue weighted by Gasteiger charge is 2.33. The molecule has 1 aliphatic heterocycles. The Kier molecular flexibility index (Phi) is 4.78. The second-order valence-corrected chi connectivity index (χ2v) is 7.21. The molecule has 112 valence electrons. The summed E-state index contributed by atoms with van der Waals surface area (Å²) in [7, 11) is -3.85. The number of nitrogens with zero attached hydrogens (tertiary/aromatic N) is 1. The molecule has 4 nitrogen and oxygen atoms in total. The van der Waals surface area contributed by atoms with Crippen molar-refractivity contribution in [2.75, 3.05) is 18.4 Å². The number of ether oxygens (including phenoxy) is 1. The third kappa shape index (κ3) is 3.19. The molecule has 20 heavy (non-hydrogen) atoms. The molecule has 2 unspecified atom stereocenters. The van der Waals surface area contributed by atoms with E-state index in [1.165, 1.54) is 4.31 Å². The van der Waals surface area contributed by atoms with Crippen LogP contribution in [0.4, 0.5) is 8.78 Å². The van der Waals surface area contributed by atoms with Crippen LogP contribution in [-0.4, -0.2) is 43.4 Å². The van der Waals surface area contributed by atoms with Gasteiger partial charge in [-0.2, -0.15) is 4.31 Å². The molecule has 0 amide bonds. The van der Waals surface area contributed by atoms with Gasteiger partial charge in [-0.1, -0.05) is 15.9 Å². The summed E-state index contributed by atoms with van der Waals surface area (Å²) < 4.78 is 57.7. The van der Waals surface area contributed by atoms with Crippen molar-refractivity contribution in [2.45, 2.75) is 24.0 Å². The molecule has 0 saturated carbocycles. The number of halogens is 3. The highest BCUT2D eigenvalue weighted by Crippen LogP contribution is 2.23. The lowest BCUT2D eigenvalue weighted by Gasteiger charge is -2.35. The summed E-state index contributed by atoms with van der Waals surface area (Å²) in [5.74, 6) is -2.25. The minimum Gasteiger partial charge on any atom is -0.372 e. The standard InChI is InChI=1S/C12H14BrF2NO3S/c1-8-6-16(7-9(5-13)19-8)20(17,18)10-2-3-11(14)12(15)4-10/h2-4,8-9H,5-7H2,1H3. The van der Waals surface area contributed by atoms with E-state index in [0.717, 1.165) is 12.1 Å². The maximum atomic E-state index is 13.2. The van der Waals surface area contributed by atoms with E-state index in [1.807, 2.05) is 0 Å². The van der Waals surface area contributed by atoms with Gasteiger partial charge in [0.15, 0.2) is 11.6 Å². The predicted molar refractivity (Wildman–Crippen MR) is 73.2 cm³/mol. The average Bonchev–Trinajstić information content (AvgIpc) is 2.41. The quantitative estimate of drug-likeness (QED) is 0.766. The number of rotatable bonds is 3. The van der Waals surface area contributed by atoms with E-state index in [9.17, 15) is 17.2 Å². The van der Waals surface area contributed by atoms with Crippen LogP contribution in [0.5, 0.6) is 0 Å². The molecule has 1 heterocycles. The van der Waals surface area contributed by atoms with Crippen molar-refractivity contribution in [1.29, 1.82) is 0 Å². The average molecular weight is 370 g/mol. The minimum atomic E-state index is -3.85. The van der Waals surface area contributed by atoms with Gasteiger partial charge in [0.2, 0.25) is 10.0 Å². The molecule has 2 rings (SSSR count). The topological polar surface area (TPSA) is 46.6 Å². The summed E-state index contributed by atoms with van der Waals surface area (Å²) in [6, 6.07) is 2.58. The lowest BCUT2D eigenvalue weighted by atomic mass is 10.3. The Morgan fingerprint density at radius 3 is 2.65 bits per heavy atom. The Morgan fingerprint density at radius 1 is 1.35 bits per heavy atom. The molecule has 0 spiro atoms. The lowest BCUT2D eigenvalue weighted by molar-refractivity contribution is -0.0411. The van der Waals surface area contributed by atoms with Gasteiger partial charge in [-0.15, -0.1) is 0 Å². The summed E-state index contributed by atoms with van der Waals surface area (Å²) in [5, 5.41) is 0.501. The van der Waals surface area contributed by atoms with E-state index < -0.39 is 21.7 Å². The summed E-state index contributed by atoms with van der Waals surface area (Å²) in [5.41, 5.74) is 0. The van der Waals surface area contributed by atoms with Crippen LogP contribution in [0.3, 0.4) is 0 Å². The minimum absolute atomic E-state index is 0.177. The molecule has 0 radical (unpaired) electrons. The second-order valence-electron chi connectivity index (χ2n) is 4.62. The van der Waals surface area contributed by atoms with Crippen molar-refractivity contribution in [3.05, 3.63) is 29.8 Å². The van der Waals surface area contributed by atoms with Gasteiger partial charge in [0, 0.05) is 18.4 Å². The molecule has 1 aliphatic rings. The van der Waals surface area contributed by atoms with Crippen molar-refractivity contribution < 1.29 is 21.9 Å². The second kappa shape index (κ2) is 6.05. The molecule has 0 aromatic heterocycles. The van der Waals surface area contributed by atoms with Crippen molar-refractivity contribution in [3.8, 4) is 0 Å². The van der Waals surface area contributed by atoms with Crippen LogP contribution in [0, 0.1) is 11.6 Å². The summed E-state index contributed by atoms with van der Waals surface area (Å²) in [6.07, 6.45) is -0.523. The Bertz CT molecular complexity index is 596. The third-order valence-electron chi connectivity index (χ3n) is 2.99. The molecule has 1 aromatic rings. The van der Waals surface area contributed by atoms with Crippen LogP contribution in [0.25, 0.3) is 0 Å². The van der Waals surface area contributed by atoms with Crippen molar-refractivity contribution >= 4 is 26.0 Å². The molecule has 0 N–H and O–H groups in total.